The van der Waals surface area contributed by atoms with Gasteiger partial charge in [0.2, 0.25) is 0 Å². The van der Waals surface area contributed by atoms with E-state index in [0.29, 0.717) is 10.6 Å². The van der Waals surface area contributed by atoms with E-state index >= 15 is 0 Å². The van der Waals surface area contributed by atoms with Crippen LogP contribution in [0.15, 0.2) is 24.3 Å². The monoisotopic (exact) mass is 207 g/mol. The van der Waals surface area contributed by atoms with Crippen molar-refractivity contribution in [3.05, 3.63) is 34.9 Å². The molecule has 0 aromatic heterocycles. The maximum absolute atomic E-state index is 11.5. The van der Waals surface area contributed by atoms with Crippen molar-refractivity contribution in [1.29, 1.82) is 5.26 Å². The number of Topliss-reactive ketones (excluding diaryl/α,β-unsaturated/α-hetero) is 1. The van der Waals surface area contributed by atoms with E-state index in [2.05, 4.69) is 0 Å². The predicted molar refractivity (Wildman–Crippen MR) is 55.2 cm³/mol. The van der Waals surface area contributed by atoms with Crippen LogP contribution in [0.5, 0.6) is 0 Å². The molecule has 2 nitrogen and oxygen atoms in total. The van der Waals surface area contributed by atoms with Crippen LogP contribution in [0, 0.1) is 17.2 Å². The van der Waals surface area contributed by atoms with Crippen molar-refractivity contribution in [1.82, 2.24) is 0 Å². The molecule has 0 aliphatic heterocycles. The molecule has 0 saturated heterocycles. The van der Waals surface area contributed by atoms with E-state index in [1.165, 1.54) is 0 Å². The van der Waals surface area contributed by atoms with E-state index < -0.39 is 0 Å². The number of nitrogens with zero attached hydrogens (tertiary/aromatic N) is 1. The average molecular weight is 208 g/mol. The number of hydrogen-bond acceptors (Lipinski definition) is 2. The highest BCUT2D eigenvalue weighted by Crippen LogP contribution is 2.13. The third-order valence-corrected chi connectivity index (χ3v) is 2.13. The molecule has 0 bridgehead atoms. The number of ketones is 1. The van der Waals surface area contributed by atoms with Gasteiger partial charge in [0.25, 0.3) is 0 Å². The molecule has 0 radical (unpaired) electrons. The number of benzene rings is 1. The molecular formula is C11H10ClNO. The lowest BCUT2D eigenvalue weighted by Crippen LogP contribution is -2.04. The quantitative estimate of drug-likeness (QED) is 0.715. The van der Waals surface area contributed by atoms with Crippen molar-refractivity contribution in [3.63, 3.8) is 0 Å². The van der Waals surface area contributed by atoms with Gasteiger partial charge in [-0.25, -0.2) is 0 Å². The molecule has 1 atom stereocenters. The van der Waals surface area contributed by atoms with Crippen molar-refractivity contribution in [2.45, 2.75) is 13.3 Å². The molecule has 1 unspecified atom stereocenters. The van der Waals surface area contributed by atoms with Crippen LogP contribution in [0.3, 0.4) is 0 Å². The Labute approximate surface area is 88.1 Å². The van der Waals surface area contributed by atoms with E-state index in [1.807, 2.05) is 6.07 Å². The fourth-order valence-corrected chi connectivity index (χ4v) is 1.20. The molecule has 14 heavy (non-hydrogen) atoms. The summed E-state index contributed by atoms with van der Waals surface area (Å²) in [7, 11) is 0. The van der Waals surface area contributed by atoms with Crippen LogP contribution in [-0.4, -0.2) is 5.78 Å². The standard InChI is InChI=1S/C11H10ClNO/c1-8(7-13)6-11(14)9-2-4-10(12)5-3-9/h2-5,8H,6H2,1H3. The molecule has 3 heteroatoms. The fraction of sp³-hybridized carbons (Fsp3) is 0.273. The van der Waals surface area contributed by atoms with Crippen LogP contribution in [0.2, 0.25) is 5.02 Å². The van der Waals surface area contributed by atoms with Crippen molar-refractivity contribution in [2.24, 2.45) is 5.92 Å². The van der Waals surface area contributed by atoms with Crippen LogP contribution in [-0.2, 0) is 0 Å². The molecule has 0 spiro atoms. The first-order chi connectivity index (χ1) is 6.63. The highest BCUT2D eigenvalue weighted by molar-refractivity contribution is 6.30. The van der Waals surface area contributed by atoms with Gasteiger partial charge in [-0.3, -0.25) is 4.79 Å². The summed E-state index contributed by atoms with van der Waals surface area (Å²) in [4.78, 5) is 11.5. The first-order valence-electron chi connectivity index (χ1n) is 4.32. The fourth-order valence-electron chi connectivity index (χ4n) is 1.08. The Bertz CT molecular complexity index is 364. The normalized spacial score (nSPS) is 11.8. The maximum Gasteiger partial charge on any atom is 0.164 e. The van der Waals surface area contributed by atoms with Gasteiger partial charge in [-0.1, -0.05) is 11.6 Å². The largest absolute Gasteiger partial charge is 0.294 e. The van der Waals surface area contributed by atoms with E-state index in [9.17, 15) is 4.79 Å². The van der Waals surface area contributed by atoms with Crippen molar-refractivity contribution < 1.29 is 4.79 Å². The Morgan fingerprint density at radius 1 is 1.50 bits per heavy atom. The second-order valence-corrected chi connectivity index (χ2v) is 3.60. The Balaban J connectivity index is 2.71. The summed E-state index contributed by atoms with van der Waals surface area (Å²) >= 11 is 5.69. The van der Waals surface area contributed by atoms with Gasteiger partial charge in [-0.05, 0) is 31.2 Å². The number of nitriles is 1. The van der Waals surface area contributed by atoms with Crippen LogP contribution >= 0.6 is 11.6 Å². The zero-order valence-electron chi connectivity index (χ0n) is 7.83. The SMILES string of the molecule is CC(C#N)CC(=O)c1ccc(Cl)cc1. The first-order valence-corrected chi connectivity index (χ1v) is 4.69. The molecular weight excluding hydrogens is 198 g/mol. The molecule has 0 aliphatic carbocycles. The van der Waals surface area contributed by atoms with Gasteiger partial charge in [0, 0.05) is 17.0 Å². The van der Waals surface area contributed by atoms with E-state index in [1.54, 1.807) is 31.2 Å². The lowest BCUT2D eigenvalue weighted by atomic mass is 10.0. The summed E-state index contributed by atoms with van der Waals surface area (Å²) in [6, 6.07) is 8.73. The van der Waals surface area contributed by atoms with Gasteiger partial charge in [0.1, 0.15) is 0 Å². The number of halogens is 1. The number of carbonyl (C=O) groups excluding carboxylic acids is 1. The third kappa shape index (κ3) is 2.86. The van der Waals surface area contributed by atoms with Gasteiger partial charge in [0.05, 0.1) is 12.0 Å². The summed E-state index contributed by atoms with van der Waals surface area (Å²) in [6.07, 6.45) is 0.262. The molecule has 0 saturated carbocycles. The molecule has 1 aromatic carbocycles. The van der Waals surface area contributed by atoms with Crippen molar-refractivity contribution >= 4 is 17.4 Å². The summed E-state index contributed by atoms with van der Waals surface area (Å²) in [5.74, 6) is -0.256. The second kappa shape index (κ2) is 4.78. The molecule has 0 aliphatic rings. The van der Waals surface area contributed by atoms with Gasteiger partial charge in [-0.15, -0.1) is 0 Å². The zero-order valence-corrected chi connectivity index (χ0v) is 8.58. The van der Waals surface area contributed by atoms with Crippen molar-refractivity contribution in [2.75, 3.05) is 0 Å². The van der Waals surface area contributed by atoms with Crippen LogP contribution in [0.1, 0.15) is 23.7 Å². The minimum absolute atomic E-state index is 0.0179. The minimum atomic E-state index is -0.238. The zero-order chi connectivity index (χ0) is 10.6. The summed E-state index contributed by atoms with van der Waals surface area (Å²) < 4.78 is 0. The molecule has 1 rings (SSSR count). The third-order valence-electron chi connectivity index (χ3n) is 1.88. The van der Waals surface area contributed by atoms with Gasteiger partial charge < -0.3 is 0 Å². The molecule has 0 heterocycles. The van der Waals surface area contributed by atoms with Crippen LogP contribution < -0.4 is 0 Å². The number of rotatable bonds is 3. The highest BCUT2D eigenvalue weighted by Gasteiger charge is 2.09. The first kappa shape index (κ1) is 10.7. The maximum atomic E-state index is 11.5. The summed E-state index contributed by atoms with van der Waals surface area (Å²) in [5, 5.41) is 9.16. The Kier molecular flexibility index (Phi) is 3.67. The van der Waals surface area contributed by atoms with Crippen molar-refractivity contribution in [3.8, 4) is 6.07 Å². The molecule has 0 amide bonds. The number of carbonyl (C=O) groups is 1. The lowest BCUT2D eigenvalue weighted by Gasteiger charge is -2.01. The Morgan fingerprint density at radius 3 is 2.57 bits per heavy atom. The molecule has 1 aromatic rings. The lowest BCUT2D eigenvalue weighted by molar-refractivity contribution is 0.0973. The van der Waals surface area contributed by atoms with Crippen LogP contribution in [0.4, 0.5) is 0 Å². The topological polar surface area (TPSA) is 40.9 Å². The van der Waals surface area contributed by atoms with E-state index in [-0.39, 0.29) is 18.1 Å². The predicted octanol–water partition coefficient (Wildman–Crippen LogP) is 3.07. The van der Waals surface area contributed by atoms with E-state index in [0.717, 1.165) is 0 Å². The number of hydrogen-bond donors (Lipinski definition) is 0. The minimum Gasteiger partial charge on any atom is -0.294 e. The van der Waals surface area contributed by atoms with Gasteiger partial charge in [0.15, 0.2) is 5.78 Å². The Hall–Kier alpha value is -1.33. The van der Waals surface area contributed by atoms with Gasteiger partial charge >= 0.3 is 0 Å². The molecule has 0 fully saturated rings. The summed E-state index contributed by atoms with van der Waals surface area (Å²) in [5.41, 5.74) is 0.608. The molecule has 0 N–H and O–H groups in total. The molecule has 72 valence electrons. The van der Waals surface area contributed by atoms with E-state index in [4.69, 9.17) is 16.9 Å². The van der Waals surface area contributed by atoms with Crippen LogP contribution in [0.25, 0.3) is 0 Å². The Morgan fingerprint density at radius 2 is 2.07 bits per heavy atom. The smallest absolute Gasteiger partial charge is 0.164 e. The second-order valence-electron chi connectivity index (χ2n) is 3.16. The van der Waals surface area contributed by atoms with Gasteiger partial charge in [-0.2, -0.15) is 5.26 Å². The average Bonchev–Trinajstić information content (AvgIpc) is 2.18. The highest BCUT2D eigenvalue weighted by atomic mass is 35.5. The summed E-state index contributed by atoms with van der Waals surface area (Å²) in [6.45, 7) is 1.73.